The van der Waals surface area contributed by atoms with Gasteiger partial charge in [0.15, 0.2) is 11.0 Å². The van der Waals surface area contributed by atoms with E-state index >= 15 is 0 Å². The highest BCUT2D eigenvalue weighted by atomic mass is 32.2. The highest BCUT2D eigenvalue weighted by molar-refractivity contribution is 7.99. The topological polar surface area (TPSA) is 69.0 Å². The van der Waals surface area contributed by atoms with Gasteiger partial charge >= 0.3 is 0 Å². The summed E-state index contributed by atoms with van der Waals surface area (Å²) in [6.45, 7) is 3.61. The molecule has 0 saturated heterocycles. The fraction of sp³-hybridized carbons (Fsp3) is 0.348. The number of unbranched alkanes of at least 4 members (excludes halogenated alkanes) is 1. The second-order valence-corrected chi connectivity index (χ2v) is 7.86. The SMILES string of the molecule is CCCCn1c(SCC(=O)NCCc2ccccc2)nnc1-c1ccc(OC)cc1. The maximum atomic E-state index is 12.3. The Morgan fingerprint density at radius 3 is 2.57 bits per heavy atom. The number of nitrogens with one attached hydrogen (secondary N) is 1. The molecule has 1 amide bonds. The number of nitrogens with zero attached hydrogens (tertiary/aromatic N) is 3. The second-order valence-electron chi connectivity index (χ2n) is 6.91. The fourth-order valence-corrected chi connectivity index (χ4v) is 3.83. The van der Waals surface area contributed by atoms with Gasteiger partial charge in [0, 0.05) is 18.7 Å². The number of aromatic nitrogens is 3. The van der Waals surface area contributed by atoms with Crippen molar-refractivity contribution in [3.8, 4) is 17.1 Å². The molecule has 0 aliphatic rings. The van der Waals surface area contributed by atoms with Crippen molar-refractivity contribution in [3.63, 3.8) is 0 Å². The van der Waals surface area contributed by atoms with Crippen LogP contribution < -0.4 is 10.1 Å². The number of amides is 1. The molecule has 6 nitrogen and oxygen atoms in total. The van der Waals surface area contributed by atoms with E-state index in [2.05, 4.69) is 39.1 Å². The quantitative estimate of drug-likeness (QED) is 0.467. The zero-order chi connectivity index (χ0) is 21.2. The summed E-state index contributed by atoms with van der Waals surface area (Å²) in [5.74, 6) is 1.95. The molecule has 1 aromatic heterocycles. The van der Waals surface area contributed by atoms with Crippen LogP contribution in [0.25, 0.3) is 11.4 Å². The van der Waals surface area contributed by atoms with Gasteiger partial charge in [-0.3, -0.25) is 4.79 Å². The van der Waals surface area contributed by atoms with Crippen LogP contribution in [-0.2, 0) is 17.8 Å². The molecule has 0 bridgehead atoms. The summed E-state index contributed by atoms with van der Waals surface area (Å²) in [7, 11) is 1.65. The van der Waals surface area contributed by atoms with E-state index in [0.717, 1.165) is 48.1 Å². The summed E-state index contributed by atoms with van der Waals surface area (Å²) in [4.78, 5) is 12.3. The van der Waals surface area contributed by atoms with Crippen molar-refractivity contribution in [2.75, 3.05) is 19.4 Å². The monoisotopic (exact) mass is 424 g/mol. The van der Waals surface area contributed by atoms with Gasteiger partial charge in [0.25, 0.3) is 0 Å². The van der Waals surface area contributed by atoms with E-state index in [1.807, 2.05) is 42.5 Å². The fourth-order valence-electron chi connectivity index (χ4n) is 3.04. The number of methoxy groups -OCH3 is 1. The molecule has 2 aromatic carbocycles. The van der Waals surface area contributed by atoms with Crippen molar-refractivity contribution in [2.24, 2.45) is 0 Å². The van der Waals surface area contributed by atoms with Gasteiger partial charge in [-0.25, -0.2) is 0 Å². The number of benzene rings is 2. The highest BCUT2D eigenvalue weighted by Gasteiger charge is 2.15. The molecule has 1 heterocycles. The van der Waals surface area contributed by atoms with E-state index in [9.17, 15) is 4.79 Å². The first-order valence-corrected chi connectivity index (χ1v) is 11.2. The predicted octanol–water partition coefficient (Wildman–Crippen LogP) is 4.20. The third-order valence-electron chi connectivity index (χ3n) is 4.71. The molecule has 7 heteroatoms. The summed E-state index contributed by atoms with van der Waals surface area (Å²) < 4.78 is 7.34. The summed E-state index contributed by atoms with van der Waals surface area (Å²) in [6.07, 6.45) is 2.92. The minimum absolute atomic E-state index is 0.00645. The molecule has 30 heavy (non-hydrogen) atoms. The van der Waals surface area contributed by atoms with Gasteiger partial charge in [0.05, 0.1) is 12.9 Å². The lowest BCUT2D eigenvalue weighted by atomic mass is 10.1. The van der Waals surface area contributed by atoms with Gasteiger partial charge in [0.2, 0.25) is 5.91 Å². The average Bonchev–Trinajstić information content (AvgIpc) is 3.19. The van der Waals surface area contributed by atoms with Crippen LogP contribution in [0.4, 0.5) is 0 Å². The van der Waals surface area contributed by atoms with Crippen LogP contribution in [0.1, 0.15) is 25.3 Å². The molecule has 0 fully saturated rings. The molecule has 1 N–H and O–H groups in total. The molecule has 0 atom stereocenters. The number of ether oxygens (including phenoxy) is 1. The normalized spacial score (nSPS) is 10.7. The Bertz CT molecular complexity index is 926. The number of hydrogen-bond acceptors (Lipinski definition) is 5. The highest BCUT2D eigenvalue weighted by Crippen LogP contribution is 2.26. The van der Waals surface area contributed by atoms with Gasteiger partial charge in [-0.1, -0.05) is 55.4 Å². The van der Waals surface area contributed by atoms with Gasteiger partial charge in [-0.15, -0.1) is 10.2 Å². The minimum Gasteiger partial charge on any atom is -0.497 e. The molecule has 0 aliphatic heterocycles. The zero-order valence-corrected chi connectivity index (χ0v) is 18.3. The lowest BCUT2D eigenvalue weighted by molar-refractivity contribution is -0.118. The van der Waals surface area contributed by atoms with E-state index in [1.165, 1.54) is 17.3 Å². The van der Waals surface area contributed by atoms with Gasteiger partial charge in [-0.2, -0.15) is 0 Å². The number of carbonyl (C=O) groups is 1. The molecule has 0 radical (unpaired) electrons. The van der Waals surface area contributed by atoms with Gasteiger partial charge < -0.3 is 14.6 Å². The number of carbonyl (C=O) groups excluding carboxylic acids is 1. The summed E-state index contributed by atoms with van der Waals surface area (Å²) in [5.41, 5.74) is 2.20. The van der Waals surface area contributed by atoms with Crippen LogP contribution in [0.3, 0.4) is 0 Å². The average molecular weight is 425 g/mol. The van der Waals surface area contributed by atoms with E-state index in [0.29, 0.717) is 12.3 Å². The Labute approximate surface area is 182 Å². The van der Waals surface area contributed by atoms with Crippen molar-refractivity contribution >= 4 is 17.7 Å². The first kappa shape index (κ1) is 21.9. The third-order valence-corrected chi connectivity index (χ3v) is 5.68. The van der Waals surface area contributed by atoms with Gasteiger partial charge in [-0.05, 0) is 42.7 Å². The zero-order valence-electron chi connectivity index (χ0n) is 17.5. The second kappa shape index (κ2) is 11.4. The van der Waals surface area contributed by atoms with Crippen LogP contribution in [0.15, 0.2) is 59.8 Å². The van der Waals surface area contributed by atoms with E-state index in [1.54, 1.807) is 7.11 Å². The summed E-state index contributed by atoms with van der Waals surface area (Å²) in [6, 6.07) is 17.9. The molecule has 0 unspecified atom stereocenters. The lowest BCUT2D eigenvalue weighted by Gasteiger charge is -2.10. The molecule has 0 spiro atoms. The summed E-state index contributed by atoms with van der Waals surface area (Å²) in [5, 5.41) is 12.5. The van der Waals surface area contributed by atoms with Gasteiger partial charge in [0.1, 0.15) is 5.75 Å². The summed E-state index contributed by atoms with van der Waals surface area (Å²) >= 11 is 1.43. The smallest absolute Gasteiger partial charge is 0.230 e. The third kappa shape index (κ3) is 6.10. The maximum Gasteiger partial charge on any atom is 0.230 e. The molecule has 3 aromatic rings. The Morgan fingerprint density at radius 1 is 1.10 bits per heavy atom. The maximum absolute atomic E-state index is 12.3. The molecule has 158 valence electrons. The number of thioether (sulfide) groups is 1. The molecule has 3 rings (SSSR count). The lowest BCUT2D eigenvalue weighted by Crippen LogP contribution is -2.27. The van der Waals surface area contributed by atoms with Crippen LogP contribution >= 0.6 is 11.8 Å². The van der Waals surface area contributed by atoms with Crippen LogP contribution in [0.5, 0.6) is 5.75 Å². The number of rotatable bonds is 11. The molecular formula is C23H28N4O2S. The van der Waals surface area contributed by atoms with Crippen molar-refractivity contribution < 1.29 is 9.53 Å². The molecular weight excluding hydrogens is 396 g/mol. The van der Waals surface area contributed by atoms with Crippen molar-refractivity contribution in [1.29, 1.82) is 0 Å². The van der Waals surface area contributed by atoms with E-state index < -0.39 is 0 Å². The van der Waals surface area contributed by atoms with Crippen LogP contribution in [0.2, 0.25) is 0 Å². The van der Waals surface area contributed by atoms with E-state index in [-0.39, 0.29) is 5.91 Å². The number of hydrogen-bond donors (Lipinski definition) is 1. The molecule has 0 aliphatic carbocycles. The predicted molar refractivity (Wildman–Crippen MR) is 121 cm³/mol. The first-order chi connectivity index (χ1) is 14.7. The van der Waals surface area contributed by atoms with Crippen molar-refractivity contribution in [2.45, 2.75) is 37.9 Å². The van der Waals surface area contributed by atoms with Crippen molar-refractivity contribution in [1.82, 2.24) is 20.1 Å². The van der Waals surface area contributed by atoms with Crippen LogP contribution in [0, 0.1) is 0 Å². The standard InChI is InChI=1S/C23H28N4O2S/c1-3-4-16-27-22(19-10-12-20(29-2)13-11-19)25-26-23(27)30-17-21(28)24-15-14-18-8-6-5-7-9-18/h5-13H,3-4,14-17H2,1-2H3,(H,24,28). The Balaban J connectivity index is 1.60. The Hall–Kier alpha value is -2.80. The molecule has 0 saturated carbocycles. The van der Waals surface area contributed by atoms with E-state index in [4.69, 9.17) is 4.74 Å². The Kier molecular flexibility index (Phi) is 8.32. The van der Waals surface area contributed by atoms with Crippen molar-refractivity contribution in [3.05, 3.63) is 60.2 Å². The largest absolute Gasteiger partial charge is 0.497 e. The Morgan fingerprint density at radius 2 is 1.87 bits per heavy atom. The first-order valence-electron chi connectivity index (χ1n) is 10.2. The minimum atomic E-state index is 0.00645. The van der Waals surface area contributed by atoms with Crippen LogP contribution in [-0.4, -0.2) is 40.1 Å².